The molecular weight excluding hydrogens is 544 g/mol. The lowest BCUT2D eigenvalue weighted by Gasteiger charge is -2.12. The maximum Gasteiger partial charge on any atom is 0.303 e. The zero-order valence-electron chi connectivity index (χ0n) is 20.5. The van der Waals surface area contributed by atoms with Crippen LogP contribution in [0, 0.1) is 0 Å². The number of aliphatic carboxylic acids is 1. The van der Waals surface area contributed by atoms with Gasteiger partial charge in [-0.2, -0.15) is 0 Å². The Balaban J connectivity index is 1.39. The second-order valence-electron chi connectivity index (χ2n) is 8.70. The quantitative estimate of drug-likeness (QED) is 0.183. The van der Waals surface area contributed by atoms with E-state index >= 15 is 0 Å². The third-order valence-electron chi connectivity index (χ3n) is 6.15. The highest BCUT2D eigenvalue weighted by molar-refractivity contribution is 9.10. The van der Waals surface area contributed by atoms with Crippen LogP contribution in [0.1, 0.15) is 23.1 Å². The number of halogens is 1. The molecule has 0 radical (unpaired) electrons. The largest absolute Gasteiger partial charge is 0.488 e. The normalized spacial score (nSPS) is 10.8. The van der Waals surface area contributed by atoms with E-state index in [9.17, 15) is 4.79 Å². The number of carboxylic acid groups (broad SMARTS) is 1. The van der Waals surface area contributed by atoms with E-state index in [-0.39, 0.29) is 6.42 Å². The molecule has 38 heavy (non-hydrogen) atoms. The van der Waals surface area contributed by atoms with E-state index in [1.807, 2.05) is 66.7 Å². The Morgan fingerprint density at radius 2 is 1.39 bits per heavy atom. The molecule has 2 aromatic heterocycles. The van der Waals surface area contributed by atoms with Crippen molar-refractivity contribution >= 4 is 27.5 Å². The van der Waals surface area contributed by atoms with Crippen molar-refractivity contribution in [2.45, 2.75) is 12.8 Å². The van der Waals surface area contributed by atoms with Gasteiger partial charge in [-0.15, -0.1) is 0 Å². The summed E-state index contributed by atoms with van der Waals surface area (Å²) in [7, 11) is 0. The maximum absolute atomic E-state index is 10.9. The average molecular weight is 569 g/mol. The summed E-state index contributed by atoms with van der Waals surface area (Å²) in [5.74, 6) is 1.53. The molecule has 0 unspecified atom stereocenters. The van der Waals surface area contributed by atoms with E-state index in [1.54, 1.807) is 12.5 Å². The molecule has 5 nitrogen and oxygen atoms in total. The summed E-state index contributed by atoms with van der Waals surface area (Å²) >= 11 is 3.55. The molecule has 5 aromatic rings. The first-order valence-electron chi connectivity index (χ1n) is 12.2. The topological polar surface area (TPSA) is 72.8 Å². The van der Waals surface area contributed by atoms with Gasteiger partial charge in [-0.1, -0.05) is 54.6 Å². The minimum absolute atomic E-state index is 0.0934. The highest BCUT2D eigenvalue weighted by Gasteiger charge is 2.10. The number of rotatable bonds is 10. The van der Waals surface area contributed by atoms with Gasteiger partial charge in [0, 0.05) is 17.5 Å². The number of hydrogen-bond donors (Lipinski definition) is 1. The van der Waals surface area contributed by atoms with E-state index in [4.69, 9.17) is 18.7 Å². The van der Waals surface area contributed by atoms with Crippen molar-refractivity contribution in [3.63, 3.8) is 0 Å². The molecule has 0 spiro atoms. The minimum atomic E-state index is -0.812. The van der Waals surface area contributed by atoms with Crippen LogP contribution in [0.4, 0.5) is 0 Å². The smallest absolute Gasteiger partial charge is 0.303 e. The maximum atomic E-state index is 10.9. The molecule has 1 N–H and O–H groups in total. The van der Waals surface area contributed by atoms with Crippen LogP contribution in [0.25, 0.3) is 28.2 Å². The van der Waals surface area contributed by atoms with Crippen molar-refractivity contribution < 1.29 is 23.5 Å². The Kier molecular flexibility index (Phi) is 7.90. The van der Waals surface area contributed by atoms with Gasteiger partial charge in [0.05, 0.1) is 17.0 Å². The highest BCUT2D eigenvalue weighted by Crippen LogP contribution is 2.30. The molecule has 0 atom stereocenters. The number of benzene rings is 3. The lowest BCUT2D eigenvalue weighted by atomic mass is 9.95. The summed E-state index contributed by atoms with van der Waals surface area (Å²) in [6.45, 7) is 0.349. The van der Waals surface area contributed by atoms with Crippen LogP contribution < -0.4 is 4.74 Å². The lowest BCUT2D eigenvalue weighted by molar-refractivity contribution is -0.136. The SMILES string of the molecule is O=C(O)CCc1ccc(OCC=C(c2ccc(-c3ccco3)cc2)c2ccc(-c3ccco3)cc2)c(Br)c1. The predicted octanol–water partition coefficient (Wildman–Crippen LogP) is 8.50. The fourth-order valence-corrected chi connectivity index (χ4v) is 4.74. The monoisotopic (exact) mass is 568 g/mol. The van der Waals surface area contributed by atoms with Crippen LogP contribution >= 0.6 is 15.9 Å². The van der Waals surface area contributed by atoms with Crippen LogP contribution in [-0.2, 0) is 11.2 Å². The van der Waals surface area contributed by atoms with Gasteiger partial charge >= 0.3 is 5.97 Å². The van der Waals surface area contributed by atoms with Crippen molar-refractivity contribution in [2.75, 3.05) is 6.61 Å². The molecule has 0 aliphatic heterocycles. The summed E-state index contributed by atoms with van der Waals surface area (Å²) < 4.78 is 18.0. The molecule has 0 aliphatic carbocycles. The Hall–Kier alpha value is -4.29. The van der Waals surface area contributed by atoms with Crippen molar-refractivity contribution in [1.82, 2.24) is 0 Å². The van der Waals surface area contributed by atoms with Gasteiger partial charge < -0.3 is 18.7 Å². The third kappa shape index (κ3) is 6.15. The molecule has 0 saturated heterocycles. The molecule has 0 saturated carbocycles. The van der Waals surface area contributed by atoms with Crippen LogP contribution in [0.2, 0.25) is 0 Å². The summed E-state index contributed by atoms with van der Waals surface area (Å²) in [5.41, 5.74) is 6.10. The number of ether oxygens (including phenoxy) is 1. The molecule has 6 heteroatoms. The summed E-state index contributed by atoms with van der Waals surface area (Å²) in [6, 6.07) is 29.8. The van der Waals surface area contributed by atoms with Crippen molar-refractivity contribution in [1.29, 1.82) is 0 Å². The number of hydrogen-bond acceptors (Lipinski definition) is 4. The molecule has 0 bridgehead atoms. The minimum Gasteiger partial charge on any atom is -0.488 e. The molecular formula is C32H25BrO5. The molecule has 190 valence electrons. The second-order valence-corrected chi connectivity index (χ2v) is 9.55. The summed E-state index contributed by atoms with van der Waals surface area (Å²) in [4.78, 5) is 10.9. The Bertz CT molecular complexity index is 1430. The Labute approximate surface area is 229 Å². The van der Waals surface area contributed by atoms with Gasteiger partial charge in [0.1, 0.15) is 23.9 Å². The van der Waals surface area contributed by atoms with Crippen LogP contribution in [-0.4, -0.2) is 17.7 Å². The average Bonchev–Trinajstić information content (AvgIpc) is 3.67. The van der Waals surface area contributed by atoms with Crippen LogP contribution in [0.3, 0.4) is 0 Å². The lowest BCUT2D eigenvalue weighted by Crippen LogP contribution is -2.00. The number of carboxylic acids is 1. The van der Waals surface area contributed by atoms with Gasteiger partial charge in [0.25, 0.3) is 0 Å². The Morgan fingerprint density at radius 1 is 0.816 bits per heavy atom. The first kappa shape index (κ1) is 25.4. The summed E-state index contributed by atoms with van der Waals surface area (Å²) in [5, 5.41) is 8.93. The Morgan fingerprint density at radius 3 is 1.87 bits per heavy atom. The van der Waals surface area contributed by atoms with Gasteiger partial charge in [-0.05, 0) is 87.1 Å². The van der Waals surface area contributed by atoms with Crippen molar-refractivity contribution in [3.8, 4) is 28.4 Å². The second kappa shape index (κ2) is 11.8. The van der Waals surface area contributed by atoms with E-state index in [2.05, 4.69) is 46.3 Å². The molecule has 0 aliphatic rings. The first-order chi connectivity index (χ1) is 18.6. The zero-order valence-corrected chi connectivity index (χ0v) is 22.1. The first-order valence-corrected chi connectivity index (χ1v) is 13.0. The van der Waals surface area contributed by atoms with Crippen molar-refractivity contribution in [2.24, 2.45) is 0 Å². The number of furan rings is 2. The van der Waals surface area contributed by atoms with Gasteiger partial charge in [-0.25, -0.2) is 0 Å². The van der Waals surface area contributed by atoms with Crippen LogP contribution in [0.5, 0.6) is 5.75 Å². The fraction of sp³-hybridized carbons (Fsp3) is 0.0938. The zero-order chi connectivity index (χ0) is 26.3. The molecule has 5 rings (SSSR count). The van der Waals surface area contributed by atoms with Crippen molar-refractivity contribution in [3.05, 3.63) is 131 Å². The predicted molar refractivity (Wildman–Crippen MR) is 151 cm³/mol. The highest BCUT2D eigenvalue weighted by atomic mass is 79.9. The summed E-state index contributed by atoms with van der Waals surface area (Å²) in [6.07, 6.45) is 5.97. The van der Waals surface area contributed by atoms with Gasteiger partial charge in [0.2, 0.25) is 0 Å². The molecule has 3 aromatic carbocycles. The van der Waals surface area contributed by atoms with E-state index in [1.165, 1.54) is 0 Å². The van der Waals surface area contributed by atoms with Crippen LogP contribution in [0.15, 0.2) is 123 Å². The third-order valence-corrected chi connectivity index (χ3v) is 6.77. The van der Waals surface area contributed by atoms with Gasteiger partial charge in [-0.3, -0.25) is 4.79 Å². The molecule has 0 fully saturated rings. The van der Waals surface area contributed by atoms with E-state index < -0.39 is 5.97 Å². The van der Waals surface area contributed by atoms with E-state index in [0.29, 0.717) is 18.8 Å². The van der Waals surface area contributed by atoms with Gasteiger partial charge in [0.15, 0.2) is 0 Å². The fourth-order valence-electron chi connectivity index (χ4n) is 4.20. The van der Waals surface area contributed by atoms with E-state index in [0.717, 1.165) is 49.4 Å². The molecule has 2 heterocycles. The number of carbonyl (C=O) groups is 1. The molecule has 0 amide bonds. The standard InChI is InChI=1S/C32H25BrO5/c33-28-21-22(6-16-32(34)35)5-15-31(28)38-20-17-27(23-7-11-25(12-8-23)29-3-1-18-36-29)24-9-13-26(14-10-24)30-4-2-19-37-30/h1-5,7-15,17-19,21H,6,16,20H2,(H,34,35). The number of aryl methyl sites for hydroxylation is 1.